The van der Waals surface area contributed by atoms with Gasteiger partial charge in [0.1, 0.15) is 0 Å². The van der Waals surface area contributed by atoms with Crippen LogP contribution in [-0.4, -0.2) is 36.0 Å². The Hall–Kier alpha value is -2.82. The predicted molar refractivity (Wildman–Crippen MR) is 117 cm³/mol. The van der Waals surface area contributed by atoms with E-state index in [1.165, 1.54) is 5.56 Å². The summed E-state index contributed by atoms with van der Waals surface area (Å²) in [6.07, 6.45) is 2.32. The quantitative estimate of drug-likeness (QED) is 0.757. The minimum atomic E-state index is -0.170. The van der Waals surface area contributed by atoms with Crippen molar-refractivity contribution in [2.45, 2.75) is 52.6 Å². The molecule has 3 rings (SSSR count). The molecule has 29 heavy (non-hydrogen) atoms. The minimum absolute atomic E-state index is 0.0571. The lowest BCUT2D eigenvalue weighted by atomic mass is 10.1. The van der Waals surface area contributed by atoms with E-state index in [0.29, 0.717) is 26.1 Å². The Labute approximate surface area is 173 Å². The van der Waals surface area contributed by atoms with Crippen molar-refractivity contribution in [1.82, 2.24) is 10.2 Å². The molecule has 1 aliphatic heterocycles. The van der Waals surface area contributed by atoms with Crippen LogP contribution in [0, 0.1) is 13.8 Å². The summed E-state index contributed by atoms with van der Waals surface area (Å²) in [6, 6.07) is 15.8. The molecule has 0 bridgehead atoms. The van der Waals surface area contributed by atoms with Crippen LogP contribution in [0.3, 0.4) is 0 Å². The zero-order valence-electron chi connectivity index (χ0n) is 17.6. The van der Waals surface area contributed by atoms with Gasteiger partial charge >= 0.3 is 6.03 Å². The molecular weight excluding hydrogens is 362 g/mol. The fraction of sp³-hybridized carbons (Fsp3) is 0.417. The Morgan fingerprint density at radius 2 is 1.90 bits per heavy atom. The molecule has 1 N–H and O–H groups in total. The average molecular weight is 394 g/mol. The molecule has 0 unspecified atom stereocenters. The summed E-state index contributed by atoms with van der Waals surface area (Å²) < 4.78 is 0. The predicted octanol–water partition coefficient (Wildman–Crippen LogP) is 4.42. The molecule has 0 spiro atoms. The third-order valence-corrected chi connectivity index (χ3v) is 5.54. The standard InChI is InChI=1S/C24H31N3O2/c1-4-5-13-26(16-20-9-7-6-8-10-20)24(29)25-21-15-23(28)27(17-21)22-12-11-18(2)19(3)14-22/h6-12,14,21H,4-5,13,15-17H2,1-3H3,(H,25,29)/t21-/m1/s1. The van der Waals surface area contributed by atoms with Crippen molar-refractivity contribution in [3.63, 3.8) is 0 Å². The maximum atomic E-state index is 12.9. The smallest absolute Gasteiger partial charge is 0.317 e. The molecule has 5 heteroatoms. The average Bonchev–Trinajstić information content (AvgIpc) is 3.08. The van der Waals surface area contributed by atoms with Crippen molar-refractivity contribution in [1.29, 1.82) is 0 Å². The van der Waals surface area contributed by atoms with Gasteiger partial charge < -0.3 is 15.1 Å². The number of carbonyl (C=O) groups excluding carboxylic acids is 2. The molecule has 3 amide bonds. The molecule has 0 saturated carbocycles. The van der Waals surface area contributed by atoms with Crippen LogP contribution in [0.2, 0.25) is 0 Å². The summed E-state index contributed by atoms with van der Waals surface area (Å²) in [4.78, 5) is 29.1. The number of aryl methyl sites for hydroxylation is 2. The van der Waals surface area contributed by atoms with E-state index in [0.717, 1.165) is 29.7 Å². The number of nitrogens with one attached hydrogen (secondary N) is 1. The van der Waals surface area contributed by atoms with Gasteiger partial charge in [0.15, 0.2) is 0 Å². The van der Waals surface area contributed by atoms with Crippen LogP contribution in [0.25, 0.3) is 0 Å². The number of hydrogen-bond acceptors (Lipinski definition) is 2. The highest BCUT2D eigenvalue weighted by molar-refractivity contribution is 5.97. The van der Waals surface area contributed by atoms with Crippen LogP contribution in [0.15, 0.2) is 48.5 Å². The number of amides is 3. The van der Waals surface area contributed by atoms with Crippen molar-refractivity contribution < 1.29 is 9.59 Å². The Morgan fingerprint density at radius 3 is 2.59 bits per heavy atom. The zero-order valence-corrected chi connectivity index (χ0v) is 17.6. The Kier molecular flexibility index (Phi) is 6.91. The molecule has 1 heterocycles. The van der Waals surface area contributed by atoms with Crippen molar-refractivity contribution in [3.05, 3.63) is 65.2 Å². The lowest BCUT2D eigenvalue weighted by Crippen LogP contribution is -2.45. The second-order valence-corrected chi connectivity index (χ2v) is 7.88. The first-order valence-electron chi connectivity index (χ1n) is 10.4. The molecule has 0 aromatic heterocycles. The Balaban J connectivity index is 1.64. The van der Waals surface area contributed by atoms with E-state index in [2.05, 4.69) is 19.2 Å². The van der Waals surface area contributed by atoms with E-state index < -0.39 is 0 Å². The summed E-state index contributed by atoms with van der Waals surface area (Å²) in [6.45, 7) is 8.03. The third kappa shape index (κ3) is 5.37. The molecule has 2 aromatic rings. The van der Waals surface area contributed by atoms with Gasteiger partial charge in [-0.25, -0.2) is 4.79 Å². The number of urea groups is 1. The molecule has 0 radical (unpaired) electrons. The topological polar surface area (TPSA) is 52.7 Å². The molecule has 1 saturated heterocycles. The van der Waals surface area contributed by atoms with Gasteiger partial charge in [0.2, 0.25) is 5.91 Å². The molecule has 1 aliphatic rings. The minimum Gasteiger partial charge on any atom is -0.333 e. The maximum absolute atomic E-state index is 12.9. The second kappa shape index (κ2) is 9.59. The first-order valence-corrected chi connectivity index (χ1v) is 10.4. The van der Waals surface area contributed by atoms with Crippen molar-refractivity contribution in [2.24, 2.45) is 0 Å². The first kappa shape index (κ1) is 20.9. The lowest BCUT2D eigenvalue weighted by Gasteiger charge is -2.25. The second-order valence-electron chi connectivity index (χ2n) is 7.88. The molecule has 1 fully saturated rings. The number of carbonyl (C=O) groups is 2. The lowest BCUT2D eigenvalue weighted by molar-refractivity contribution is -0.117. The van der Waals surface area contributed by atoms with Gasteiger partial charge in [-0.15, -0.1) is 0 Å². The number of unbranched alkanes of at least 4 members (excludes halogenated alkanes) is 1. The Bertz CT molecular complexity index is 850. The van der Waals surface area contributed by atoms with Crippen molar-refractivity contribution >= 4 is 17.6 Å². The van der Waals surface area contributed by atoms with Gasteiger partial charge in [-0.2, -0.15) is 0 Å². The van der Waals surface area contributed by atoms with Gasteiger partial charge in [0.05, 0.1) is 6.04 Å². The maximum Gasteiger partial charge on any atom is 0.317 e. The van der Waals surface area contributed by atoms with Crippen LogP contribution < -0.4 is 10.2 Å². The van der Waals surface area contributed by atoms with Crippen LogP contribution in [-0.2, 0) is 11.3 Å². The molecule has 5 nitrogen and oxygen atoms in total. The van der Waals surface area contributed by atoms with Crippen LogP contribution >= 0.6 is 0 Å². The number of anilines is 1. The Morgan fingerprint density at radius 1 is 1.14 bits per heavy atom. The molecule has 1 atom stereocenters. The monoisotopic (exact) mass is 393 g/mol. The van der Waals surface area contributed by atoms with Crippen molar-refractivity contribution in [2.75, 3.05) is 18.0 Å². The largest absolute Gasteiger partial charge is 0.333 e. The third-order valence-electron chi connectivity index (χ3n) is 5.54. The fourth-order valence-electron chi connectivity index (χ4n) is 3.62. The molecule has 154 valence electrons. The van der Waals surface area contributed by atoms with Crippen LogP contribution in [0.5, 0.6) is 0 Å². The summed E-state index contributed by atoms with van der Waals surface area (Å²) in [5.41, 5.74) is 4.38. The number of rotatable bonds is 7. The van der Waals surface area contributed by atoms with E-state index in [4.69, 9.17) is 0 Å². The van der Waals surface area contributed by atoms with Crippen LogP contribution in [0.4, 0.5) is 10.5 Å². The normalized spacial score (nSPS) is 16.2. The van der Waals surface area contributed by atoms with Gasteiger partial charge in [-0.05, 0) is 49.1 Å². The van der Waals surface area contributed by atoms with Crippen molar-refractivity contribution in [3.8, 4) is 0 Å². The first-order chi connectivity index (χ1) is 14.0. The highest BCUT2D eigenvalue weighted by Gasteiger charge is 2.32. The summed E-state index contributed by atoms with van der Waals surface area (Å²) in [7, 11) is 0. The highest BCUT2D eigenvalue weighted by atomic mass is 16.2. The number of nitrogens with zero attached hydrogens (tertiary/aromatic N) is 2. The molecule has 0 aliphatic carbocycles. The highest BCUT2D eigenvalue weighted by Crippen LogP contribution is 2.24. The van der Waals surface area contributed by atoms with E-state index in [1.807, 2.05) is 60.4 Å². The van der Waals surface area contributed by atoms with Gasteiger partial charge in [-0.3, -0.25) is 4.79 Å². The fourth-order valence-corrected chi connectivity index (χ4v) is 3.62. The van der Waals surface area contributed by atoms with Gasteiger partial charge in [0, 0.05) is 31.7 Å². The summed E-state index contributed by atoms with van der Waals surface area (Å²) in [5.74, 6) is 0.0571. The number of hydrogen-bond donors (Lipinski definition) is 1. The zero-order chi connectivity index (χ0) is 20.8. The van der Waals surface area contributed by atoms with E-state index in [1.54, 1.807) is 4.90 Å². The molecule has 2 aromatic carbocycles. The van der Waals surface area contributed by atoms with E-state index in [9.17, 15) is 9.59 Å². The summed E-state index contributed by atoms with van der Waals surface area (Å²) in [5, 5.41) is 3.09. The number of benzene rings is 2. The van der Waals surface area contributed by atoms with Crippen LogP contribution in [0.1, 0.15) is 42.9 Å². The van der Waals surface area contributed by atoms with Gasteiger partial charge in [-0.1, -0.05) is 49.7 Å². The van der Waals surface area contributed by atoms with E-state index in [-0.39, 0.29) is 18.0 Å². The van der Waals surface area contributed by atoms with E-state index >= 15 is 0 Å². The van der Waals surface area contributed by atoms with Gasteiger partial charge in [0.25, 0.3) is 0 Å². The SMILES string of the molecule is CCCCN(Cc1ccccc1)C(=O)N[C@@H]1CC(=O)N(c2ccc(C)c(C)c2)C1. The molecular formula is C24H31N3O2. The summed E-state index contributed by atoms with van der Waals surface area (Å²) >= 11 is 0.